The monoisotopic (exact) mass is 295 g/mol. The Morgan fingerprint density at radius 3 is 2.77 bits per heavy atom. The van der Waals surface area contributed by atoms with Gasteiger partial charge in [0.25, 0.3) is 0 Å². The third-order valence-electron chi connectivity index (χ3n) is 3.87. The van der Waals surface area contributed by atoms with Gasteiger partial charge < -0.3 is 9.47 Å². The minimum Gasteiger partial charge on any atom is -0.497 e. The molecular formula is C18H17NO3. The Morgan fingerprint density at radius 2 is 2.00 bits per heavy atom. The number of nitrogens with zero attached hydrogens (tertiary/aromatic N) is 1. The van der Waals surface area contributed by atoms with Crippen molar-refractivity contribution in [2.75, 3.05) is 14.2 Å². The first-order valence-corrected chi connectivity index (χ1v) is 7.13. The highest BCUT2D eigenvalue weighted by Crippen LogP contribution is 2.30. The van der Waals surface area contributed by atoms with E-state index in [0.717, 1.165) is 40.2 Å². The number of hydrogen-bond acceptors (Lipinski definition) is 4. The second-order valence-electron chi connectivity index (χ2n) is 5.14. The van der Waals surface area contributed by atoms with Gasteiger partial charge in [-0.3, -0.25) is 9.78 Å². The number of Topliss-reactive ketones (excluding diaryl/α,β-unsaturated/α-hetero) is 1. The minimum absolute atomic E-state index is 0.0646. The highest BCUT2D eigenvalue weighted by molar-refractivity contribution is 6.13. The number of pyridine rings is 1. The summed E-state index contributed by atoms with van der Waals surface area (Å²) in [5, 5.41) is 0. The molecule has 4 nitrogen and oxygen atoms in total. The molecule has 0 saturated carbocycles. The molecule has 112 valence electrons. The number of allylic oxidation sites excluding steroid dienone is 1. The van der Waals surface area contributed by atoms with Crippen molar-refractivity contribution < 1.29 is 14.3 Å². The minimum atomic E-state index is 0.0646. The smallest absolute Gasteiger partial charge is 0.189 e. The second kappa shape index (κ2) is 6.02. The fourth-order valence-electron chi connectivity index (χ4n) is 2.69. The quantitative estimate of drug-likeness (QED) is 0.815. The van der Waals surface area contributed by atoms with E-state index in [1.165, 1.54) is 0 Å². The summed E-state index contributed by atoms with van der Waals surface area (Å²) < 4.78 is 10.5. The molecule has 1 heterocycles. The lowest BCUT2D eigenvalue weighted by Gasteiger charge is -2.18. The average Bonchev–Trinajstić information content (AvgIpc) is 2.57. The van der Waals surface area contributed by atoms with Crippen LogP contribution in [0, 0.1) is 0 Å². The van der Waals surface area contributed by atoms with Gasteiger partial charge in [-0.05, 0) is 48.7 Å². The molecule has 0 unspecified atom stereocenters. The van der Waals surface area contributed by atoms with Crippen molar-refractivity contribution in [2.24, 2.45) is 0 Å². The highest BCUT2D eigenvalue weighted by atomic mass is 16.5. The molecule has 3 rings (SSSR count). The summed E-state index contributed by atoms with van der Waals surface area (Å²) in [6.07, 6.45) is 6.79. The van der Waals surface area contributed by atoms with Crippen molar-refractivity contribution >= 4 is 11.9 Å². The standard InChI is InChI=1S/C18H17NO3/c1-21-15-5-6-16-12(10-15)3-4-13(18(16)20)9-14-11-19-8-7-17(14)22-2/h5-11H,3-4H2,1-2H3/b13-9+. The van der Waals surface area contributed by atoms with Crippen LogP contribution in [0.3, 0.4) is 0 Å². The number of aryl methyl sites for hydroxylation is 1. The average molecular weight is 295 g/mol. The lowest BCUT2D eigenvalue weighted by molar-refractivity contribution is 0.102. The number of ether oxygens (including phenoxy) is 2. The van der Waals surface area contributed by atoms with E-state index in [1.54, 1.807) is 32.7 Å². The van der Waals surface area contributed by atoms with Crippen molar-refractivity contribution in [1.82, 2.24) is 4.98 Å². The molecule has 22 heavy (non-hydrogen) atoms. The SMILES string of the molecule is COc1ccc2c(c1)CC/C(=C\c1cnccc1OC)C2=O. The zero-order valence-electron chi connectivity index (χ0n) is 12.6. The van der Waals surface area contributed by atoms with Crippen LogP contribution in [0.1, 0.15) is 27.9 Å². The first-order valence-electron chi connectivity index (χ1n) is 7.13. The number of carbonyl (C=O) groups is 1. The molecule has 1 aliphatic carbocycles. The zero-order valence-corrected chi connectivity index (χ0v) is 12.6. The summed E-state index contributed by atoms with van der Waals surface area (Å²) in [5.41, 5.74) is 3.40. The van der Waals surface area contributed by atoms with Crippen LogP contribution < -0.4 is 9.47 Å². The molecular weight excluding hydrogens is 278 g/mol. The second-order valence-corrected chi connectivity index (χ2v) is 5.14. The van der Waals surface area contributed by atoms with Gasteiger partial charge in [-0.15, -0.1) is 0 Å². The van der Waals surface area contributed by atoms with Crippen LogP contribution in [-0.2, 0) is 6.42 Å². The van der Waals surface area contributed by atoms with E-state index in [9.17, 15) is 4.79 Å². The van der Waals surface area contributed by atoms with Gasteiger partial charge in [0.05, 0.1) is 14.2 Å². The van der Waals surface area contributed by atoms with Gasteiger partial charge >= 0.3 is 0 Å². The van der Waals surface area contributed by atoms with Crippen LogP contribution in [-0.4, -0.2) is 25.0 Å². The molecule has 1 aliphatic rings. The predicted molar refractivity (Wildman–Crippen MR) is 84.4 cm³/mol. The van der Waals surface area contributed by atoms with Crippen LogP contribution in [0.25, 0.3) is 6.08 Å². The third-order valence-corrected chi connectivity index (χ3v) is 3.87. The molecule has 2 aromatic rings. The van der Waals surface area contributed by atoms with Crippen molar-refractivity contribution in [1.29, 1.82) is 0 Å². The zero-order chi connectivity index (χ0) is 15.5. The van der Waals surface area contributed by atoms with E-state index in [1.807, 2.05) is 24.3 Å². The first kappa shape index (κ1) is 14.3. The fourth-order valence-corrected chi connectivity index (χ4v) is 2.69. The Hall–Kier alpha value is -2.62. The normalized spacial score (nSPS) is 15.5. The number of fused-ring (bicyclic) bond motifs is 1. The van der Waals surface area contributed by atoms with Gasteiger partial charge in [0.2, 0.25) is 0 Å². The summed E-state index contributed by atoms with van der Waals surface area (Å²) >= 11 is 0. The Bertz CT molecular complexity index is 750. The maximum atomic E-state index is 12.7. The topological polar surface area (TPSA) is 48.4 Å². The molecule has 4 heteroatoms. The third kappa shape index (κ3) is 2.60. The Kier molecular flexibility index (Phi) is 3.92. The lowest BCUT2D eigenvalue weighted by Crippen LogP contribution is -2.14. The van der Waals surface area contributed by atoms with Gasteiger partial charge in [-0.25, -0.2) is 0 Å². The summed E-state index contributed by atoms with van der Waals surface area (Å²) in [5.74, 6) is 1.57. The number of hydrogen-bond donors (Lipinski definition) is 0. The molecule has 0 atom stereocenters. The van der Waals surface area contributed by atoms with Crippen molar-refractivity contribution in [3.63, 3.8) is 0 Å². The largest absolute Gasteiger partial charge is 0.497 e. The predicted octanol–water partition coefficient (Wildman–Crippen LogP) is 3.31. The summed E-state index contributed by atoms with van der Waals surface area (Å²) in [4.78, 5) is 16.7. The Balaban J connectivity index is 1.97. The maximum absolute atomic E-state index is 12.7. The van der Waals surface area contributed by atoms with E-state index in [4.69, 9.17) is 9.47 Å². The van der Waals surface area contributed by atoms with Crippen molar-refractivity contribution in [3.05, 3.63) is 58.9 Å². The molecule has 0 fully saturated rings. The Labute approximate surface area is 129 Å². The Morgan fingerprint density at radius 1 is 1.14 bits per heavy atom. The molecule has 0 spiro atoms. The molecule has 1 aromatic heterocycles. The van der Waals surface area contributed by atoms with Crippen LogP contribution >= 0.6 is 0 Å². The van der Waals surface area contributed by atoms with Crippen molar-refractivity contribution in [2.45, 2.75) is 12.8 Å². The highest BCUT2D eigenvalue weighted by Gasteiger charge is 2.22. The molecule has 0 N–H and O–H groups in total. The van der Waals surface area contributed by atoms with Crippen LogP contribution in [0.2, 0.25) is 0 Å². The van der Waals surface area contributed by atoms with Gasteiger partial charge in [0.1, 0.15) is 11.5 Å². The lowest BCUT2D eigenvalue weighted by atomic mass is 9.86. The number of rotatable bonds is 3. The van der Waals surface area contributed by atoms with Gasteiger partial charge in [0.15, 0.2) is 5.78 Å². The summed E-state index contributed by atoms with van der Waals surface area (Å²) in [7, 11) is 3.24. The van der Waals surface area contributed by atoms with Crippen LogP contribution in [0.4, 0.5) is 0 Å². The van der Waals surface area contributed by atoms with Crippen LogP contribution in [0.15, 0.2) is 42.2 Å². The van der Waals surface area contributed by atoms with Gasteiger partial charge in [0, 0.05) is 29.1 Å². The van der Waals surface area contributed by atoms with Crippen LogP contribution in [0.5, 0.6) is 11.5 Å². The van der Waals surface area contributed by atoms with E-state index in [0.29, 0.717) is 6.42 Å². The number of benzene rings is 1. The van der Waals surface area contributed by atoms with Crippen molar-refractivity contribution in [3.8, 4) is 11.5 Å². The fraction of sp³-hybridized carbons (Fsp3) is 0.222. The number of carbonyl (C=O) groups excluding carboxylic acids is 1. The van der Waals surface area contributed by atoms with Gasteiger partial charge in [-0.1, -0.05) is 0 Å². The van der Waals surface area contributed by atoms with E-state index in [-0.39, 0.29) is 5.78 Å². The molecule has 1 aromatic carbocycles. The summed E-state index contributed by atoms with van der Waals surface area (Å²) in [6, 6.07) is 7.39. The number of aromatic nitrogens is 1. The molecule has 0 bridgehead atoms. The molecule has 0 saturated heterocycles. The first-order chi connectivity index (χ1) is 10.7. The molecule has 0 amide bonds. The van der Waals surface area contributed by atoms with E-state index >= 15 is 0 Å². The van der Waals surface area contributed by atoms with E-state index < -0.39 is 0 Å². The number of ketones is 1. The van der Waals surface area contributed by atoms with Gasteiger partial charge in [-0.2, -0.15) is 0 Å². The molecule has 0 radical (unpaired) electrons. The van der Waals surface area contributed by atoms with E-state index in [2.05, 4.69) is 4.98 Å². The summed E-state index contributed by atoms with van der Waals surface area (Å²) in [6.45, 7) is 0. The molecule has 0 aliphatic heterocycles. The maximum Gasteiger partial charge on any atom is 0.189 e. The number of methoxy groups -OCH3 is 2.